The zero-order valence-corrected chi connectivity index (χ0v) is 9.43. The van der Waals surface area contributed by atoms with Crippen molar-refractivity contribution in [3.8, 4) is 6.07 Å². The van der Waals surface area contributed by atoms with E-state index < -0.39 is 42.6 Å². The van der Waals surface area contributed by atoms with E-state index in [1.54, 1.807) is 6.07 Å². The molecule has 1 unspecified atom stereocenters. The van der Waals surface area contributed by atoms with Gasteiger partial charge in [0.05, 0.1) is 11.6 Å². The SMILES string of the molecule is N#Cc1cc(F)c(CNCC(O)C(F)(F)F)c(F)c1. The normalized spacial score (nSPS) is 13.1. The minimum Gasteiger partial charge on any atom is -0.382 e. The number of rotatable bonds is 4. The fourth-order valence-corrected chi connectivity index (χ4v) is 1.29. The molecular weight excluding hydrogens is 271 g/mol. The van der Waals surface area contributed by atoms with Crippen LogP contribution in [0.2, 0.25) is 0 Å². The molecule has 1 aromatic carbocycles. The molecule has 0 amide bonds. The van der Waals surface area contributed by atoms with Gasteiger partial charge in [0.25, 0.3) is 0 Å². The zero-order valence-electron chi connectivity index (χ0n) is 9.43. The second-order valence-electron chi connectivity index (χ2n) is 3.72. The van der Waals surface area contributed by atoms with Crippen LogP contribution in [0.3, 0.4) is 0 Å². The van der Waals surface area contributed by atoms with E-state index in [-0.39, 0.29) is 5.56 Å². The topological polar surface area (TPSA) is 56.0 Å². The van der Waals surface area contributed by atoms with E-state index in [1.807, 2.05) is 0 Å². The van der Waals surface area contributed by atoms with Crippen LogP contribution in [-0.2, 0) is 6.54 Å². The molecule has 0 aromatic heterocycles. The second kappa shape index (κ2) is 5.95. The van der Waals surface area contributed by atoms with E-state index in [9.17, 15) is 22.0 Å². The van der Waals surface area contributed by atoms with Crippen molar-refractivity contribution >= 4 is 0 Å². The van der Waals surface area contributed by atoms with Gasteiger partial charge >= 0.3 is 6.18 Å². The minimum atomic E-state index is -4.80. The molecule has 0 saturated carbocycles. The Bertz CT molecular complexity index is 472. The number of alkyl halides is 3. The van der Waals surface area contributed by atoms with E-state index in [2.05, 4.69) is 5.32 Å². The molecule has 8 heteroatoms. The lowest BCUT2D eigenvalue weighted by Crippen LogP contribution is -2.38. The van der Waals surface area contributed by atoms with Gasteiger partial charge in [-0.25, -0.2) is 8.78 Å². The number of nitriles is 1. The summed E-state index contributed by atoms with van der Waals surface area (Å²) in [6.07, 6.45) is -7.41. The molecule has 0 saturated heterocycles. The van der Waals surface area contributed by atoms with E-state index in [1.165, 1.54) is 0 Å². The molecule has 0 fully saturated rings. The molecule has 19 heavy (non-hydrogen) atoms. The van der Waals surface area contributed by atoms with Gasteiger partial charge in [-0.15, -0.1) is 0 Å². The Hall–Kier alpha value is -1.72. The molecule has 0 bridgehead atoms. The lowest BCUT2D eigenvalue weighted by molar-refractivity contribution is -0.201. The summed E-state index contributed by atoms with van der Waals surface area (Å²) in [6, 6.07) is 3.10. The Morgan fingerprint density at radius 3 is 2.21 bits per heavy atom. The van der Waals surface area contributed by atoms with Crippen LogP contribution in [0.5, 0.6) is 0 Å². The van der Waals surface area contributed by atoms with E-state index >= 15 is 0 Å². The van der Waals surface area contributed by atoms with Crippen LogP contribution in [0.15, 0.2) is 12.1 Å². The van der Waals surface area contributed by atoms with Crippen LogP contribution < -0.4 is 5.32 Å². The quantitative estimate of drug-likeness (QED) is 0.828. The highest BCUT2D eigenvalue weighted by Gasteiger charge is 2.37. The van der Waals surface area contributed by atoms with Gasteiger partial charge in [0.2, 0.25) is 0 Å². The summed E-state index contributed by atoms with van der Waals surface area (Å²) < 4.78 is 62.6. The molecule has 2 N–H and O–H groups in total. The van der Waals surface area contributed by atoms with Gasteiger partial charge in [0.15, 0.2) is 6.10 Å². The number of aliphatic hydroxyl groups is 1. The fourth-order valence-electron chi connectivity index (χ4n) is 1.29. The van der Waals surface area contributed by atoms with Crippen LogP contribution in [-0.4, -0.2) is 23.9 Å². The molecule has 3 nitrogen and oxygen atoms in total. The molecule has 1 aromatic rings. The summed E-state index contributed by atoms with van der Waals surface area (Å²) in [5, 5.41) is 19.2. The first kappa shape index (κ1) is 15.3. The van der Waals surface area contributed by atoms with Crippen molar-refractivity contribution in [2.45, 2.75) is 18.8 Å². The first-order valence-corrected chi connectivity index (χ1v) is 5.09. The number of hydrogen-bond donors (Lipinski definition) is 2. The van der Waals surface area contributed by atoms with Crippen molar-refractivity contribution in [3.63, 3.8) is 0 Å². The maximum absolute atomic E-state index is 13.3. The molecule has 0 aliphatic heterocycles. The van der Waals surface area contributed by atoms with Gasteiger partial charge in [-0.05, 0) is 12.1 Å². The first-order chi connectivity index (χ1) is 8.75. The molecule has 1 atom stereocenters. The van der Waals surface area contributed by atoms with Crippen LogP contribution in [0, 0.1) is 23.0 Å². The number of benzene rings is 1. The molecule has 0 heterocycles. The minimum absolute atomic E-state index is 0.228. The average molecular weight is 280 g/mol. The first-order valence-electron chi connectivity index (χ1n) is 5.09. The van der Waals surface area contributed by atoms with Crippen molar-refractivity contribution < 1.29 is 27.1 Å². The summed E-state index contributed by atoms with van der Waals surface area (Å²) >= 11 is 0. The van der Waals surface area contributed by atoms with Gasteiger partial charge in [0, 0.05) is 18.7 Å². The summed E-state index contributed by atoms with van der Waals surface area (Å²) in [7, 11) is 0. The fraction of sp³-hybridized carbons (Fsp3) is 0.364. The van der Waals surface area contributed by atoms with Crippen LogP contribution in [0.1, 0.15) is 11.1 Å². The van der Waals surface area contributed by atoms with Crippen molar-refractivity contribution in [2.75, 3.05) is 6.54 Å². The largest absolute Gasteiger partial charge is 0.415 e. The van der Waals surface area contributed by atoms with Crippen LogP contribution in [0.4, 0.5) is 22.0 Å². The average Bonchev–Trinajstić information content (AvgIpc) is 2.30. The van der Waals surface area contributed by atoms with Gasteiger partial charge in [-0.3, -0.25) is 0 Å². The standard InChI is InChI=1S/C11H9F5N2O/c12-8-1-6(3-17)2-9(13)7(8)4-18-5-10(19)11(14,15)16/h1-2,10,18-19H,4-5H2. The summed E-state index contributed by atoms with van der Waals surface area (Å²) in [5.74, 6) is -2.07. The maximum Gasteiger partial charge on any atom is 0.415 e. The van der Waals surface area contributed by atoms with Gasteiger partial charge in [-0.1, -0.05) is 0 Å². The van der Waals surface area contributed by atoms with Crippen molar-refractivity contribution in [1.29, 1.82) is 5.26 Å². The lowest BCUT2D eigenvalue weighted by atomic mass is 10.1. The Morgan fingerprint density at radius 1 is 1.26 bits per heavy atom. The predicted molar refractivity (Wildman–Crippen MR) is 54.8 cm³/mol. The Kier molecular flexibility index (Phi) is 4.80. The number of hydrogen-bond acceptors (Lipinski definition) is 3. The van der Waals surface area contributed by atoms with Crippen molar-refractivity contribution in [2.24, 2.45) is 0 Å². The van der Waals surface area contributed by atoms with Crippen molar-refractivity contribution in [3.05, 3.63) is 34.9 Å². The molecule has 0 spiro atoms. The van der Waals surface area contributed by atoms with Crippen LogP contribution in [0.25, 0.3) is 0 Å². The van der Waals surface area contributed by atoms with Gasteiger partial charge in [0.1, 0.15) is 11.6 Å². The highest BCUT2D eigenvalue weighted by molar-refractivity contribution is 5.34. The highest BCUT2D eigenvalue weighted by atomic mass is 19.4. The lowest BCUT2D eigenvalue weighted by Gasteiger charge is -2.15. The van der Waals surface area contributed by atoms with E-state index in [0.29, 0.717) is 0 Å². The monoisotopic (exact) mass is 280 g/mol. The second-order valence-corrected chi connectivity index (χ2v) is 3.72. The maximum atomic E-state index is 13.3. The van der Waals surface area contributed by atoms with Crippen molar-refractivity contribution in [1.82, 2.24) is 5.32 Å². The molecule has 0 radical (unpaired) electrons. The Morgan fingerprint density at radius 2 is 1.79 bits per heavy atom. The van der Waals surface area contributed by atoms with E-state index in [4.69, 9.17) is 10.4 Å². The smallest absolute Gasteiger partial charge is 0.382 e. The number of aliphatic hydroxyl groups excluding tert-OH is 1. The molecule has 104 valence electrons. The van der Waals surface area contributed by atoms with E-state index in [0.717, 1.165) is 12.1 Å². The Balaban J connectivity index is 2.67. The third kappa shape index (κ3) is 4.15. The molecular formula is C11H9F5N2O. The number of nitrogens with one attached hydrogen (secondary N) is 1. The number of halogens is 5. The Labute approximate surface area is 105 Å². The van der Waals surface area contributed by atoms with Crippen LogP contribution >= 0.6 is 0 Å². The third-order valence-electron chi connectivity index (χ3n) is 2.29. The molecule has 0 aliphatic carbocycles. The van der Waals surface area contributed by atoms with Gasteiger partial charge < -0.3 is 10.4 Å². The summed E-state index contributed by atoms with van der Waals surface area (Å²) in [5.41, 5.74) is -0.720. The summed E-state index contributed by atoms with van der Waals surface area (Å²) in [6.45, 7) is -1.42. The third-order valence-corrected chi connectivity index (χ3v) is 2.29. The predicted octanol–water partition coefficient (Wildman–Crippen LogP) is 1.85. The molecule has 0 aliphatic rings. The zero-order chi connectivity index (χ0) is 14.6. The number of nitrogens with zero attached hydrogens (tertiary/aromatic N) is 1. The van der Waals surface area contributed by atoms with Gasteiger partial charge in [-0.2, -0.15) is 18.4 Å². The highest BCUT2D eigenvalue weighted by Crippen LogP contribution is 2.20. The summed E-state index contributed by atoms with van der Waals surface area (Å²) in [4.78, 5) is 0. The molecule has 1 rings (SSSR count).